The van der Waals surface area contributed by atoms with Crippen LogP contribution in [0.4, 0.5) is 0 Å². The zero-order valence-corrected chi connectivity index (χ0v) is 22.1. The molecular formula is C22H40O5Si2. The van der Waals surface area contributed by atoms with Crippen molar-refractivity contribution in [2.45, 2.75) is 96.9 Å². The molecular weight excluding hydrogens is 400 g/mol. The normalized spacial score (nSPS) is 21.3. The molecule has 166 valence electrons. The van der Waals surface area contributed by atoms with Crippen LogP contribution in [0.5, 0.6) is 0 Å². The van der Waals surface area contributed by atoms with Gasteiger partial charge in [0.25, 0.3) is 0 Å². The van der Waals surface area contributed by atoms with Gasteiger partial charge >= 0.3 is 5.97 Å². The molecule has 2 atom stereocenters. The van der Waals surface area contributed by atoms with Crippen molar-refractivity contribution >= 4 is 28.9 Å². The Morgan fingerprint density at radius 2 is 1.34 bits per heavy atom. The Hall–Kier alpha value is -1.03. The third kappa shape index (κ3) is 6.47. The average Bonchev–Trinajstić information content (AvgIpc) is 2.51. The molecule has 0 unspecified atom stereocenters. The fraction of sp³-hybridized carbons (Fsp3) is 0.727. The van der Waals surface area contributed by atoms with Gasteiger partial charge in [0.15, 0.2) is 16.6 Å². The predicted molar refractivity (Wildman–Crippen MR) is 123 cm³/mol. The van der Waals surface area contributed by atoms with Crippen molar-refractivity contribution in [2.75, 3.05) is 6.61 Å². The van der Waals surface area contributed by atoms with Gasteiger partial charge in [-0.05, 0) is 36.3 Å². The monoisotopic (exact) mass is 440 g/mol. The maximum Gasteiger partial charge on any atom is 0.302 e. The highest BCUT2D eigenvalue weighted by atomic mass is 28.4. The van der Waals surface area contributed by atoms with Crippen molar-refractivity contribution in [1.29, 1.82) is 0 Å². The fourth-order valence-corrected chi connectivity index (χ4v) is 4.86. The molecule has 0 bridgehead atoms. The van der Waals surface area contributed by atoms with E-state index in [-0.39, 0.29) is 22.7 Å². The Labute approximate surface area is 179 Å². The molecule has 0 aromatic carbocycles. The van der Waals surface area contributed by atoms with Gasteiger partial charge in [0.1, 0.15) is 12.9 Å². The summed E-state index contributed by atoms with van der Waals surface area (Å²) in [5.74, 6) is -0.384. The number of hydrogen-bond acceptors (Lipinski definition) is 5. The first-order chi connectivity index (χ1) is 12.9. The standard InChI is InChI=1S/C22H40O5Si2/c1-16(24)25-15-18-17(14-23)19(26-28(8,9)21(2,3)4)12-13-20(18)27-29(10,11)22(5,6)7/h12-14,19-20H,15H2,1-11H3/t19-,20+/m0/s1. The number of esters is 1. The van der Waals surface area contributed by atoms with Crippen LogP contribution in [0.25, 0.3) is 0 Å². The van der Waals surface area contributed by atoms with Crippen LogP contribution in [-0.2, 0) is 23.2 Å². The molecule has 0 heterocycles. The van der Waals surface area contributed by atoms with Gasteiger partial charge < -0.3 is 13.6 Å². The highest BCUT2D eigenvalue weighted by Crippen LogP contribution is 2.41. The van der Waals surface area contributed by atoms with Gasteiger partial charge in [-0.1, -0.05) is 53.7 Å². The van der Waals surface area contributed by atoms with Gasteiger partial charge in [0, 0.05) is 18.1 Å². The summed E-state index contributed by atoms with van der Waals surface area (Å²) < 4.78 is 18.4. The summed E-state index contributed by atoms with van der Waals surface area (Å²) in [6.07, 6.45) is 3.89. The van der Waals surface area contributed by atoms with E-state index in [9.17, 15) is 9.59 Å². The van der Waals surface area contributed by atoms with Crippen molar-refractivity contribution in [3.63, 3.8) is 0 Å². The molecule has 0 aromatic rings. The van der Waals surface area contributed by atoms with Crippen LogP contribution in [0, 0.1) is 0 Å². The zero-order valence-electron chi connectivity index (χ0n) is 20.1. The quantitative estimate of drug-likeness (QED) is 0.230. The lowest BCUT2D eigenvalue weighted by molar-refractivity contribution is -0.140. The molecule has 0 radical (unpaired) electrons. The SMILES string of the molecule is CC(=O)OCC1=C(C=O)[C@@H](O[Si](C)(C)C(C)(C)C)C=C[C@H]1O[Si](C)(C)C(C)(C)C. The molecule has 0 saturated carbocycles. The summed E-state index contributed by atoms with van der Waals surface area (Å²) in [5, 5.41) is 0.0303. The van der Waals surface area contributed by atoms with Crippen LogP contribution in [0.1, 0.15) is 48.5 Å². The lowest BCUT2D eigenvalue weighted by Gasteiger charge is -2.42. The maximum atomic E-state index is 12.1. The second-order valence-electron chi connectivity index (χ2n) is 10.9. The second kappa shape index (κ2) is 9.00. The molecule has 7 heteroatoms. The Balaban J connectivity index is 3.33. The van der Waals surface area contributed by atoms with E-state index in [1.54, 1.807) is 0 Å². The van der Waals surface area contributed by atoms with Crippen LogP contribution < -0.4 is 0 Å². The minimum Gasteiger partial charge on any atom is -0.461 e. The van der Waals surface area contributed by atoms with Crippen molar-refractivity contribution in [3.8, 4) is 0 Å². The van der Waals surface area contributed by atoms with Crippen LogP contribution in [0.2, 0.25) is 36.3 Å². The van der Waals surface area contributed by atoms with E-state index in [1.165, 1.54) is 6.92 Å². The molecule has 29 heavy (non-hydrogen) atoms. The number of aldehydes is 1. The first-order valence-corrected chi connectivity index (χ1v) is 16.1. The highest BCUT2D eigenvalue weighted by molar-refractivity contribution is 6.74. The highest BCUT2D eigenvalue weighted by Gasteiger charge is 2.43. The Kier molecular flexibility index (Phi) is 8.07. The van der Waals surface area contributed by atoms with E-state index in [0.29, 0.717) is 11.1 Å². The van der Waals surface area contributed by atoms with Crippen LogP contribution in [0.15, 0.2) is 23.3 Å². The van der Waals surface area contributed by atoms with E-state index < -0.39 is 28.8 Å². The van der Waals surface area contributed by atoms with Gasteiger partial charge in [-0.3, -0.25) is 9.59 Å². The molecule has 0 aromatic heterocycles. The van der Waals surface area contributed by atoms with Gasteiger partial charge in [0.2, 0.25) is 0 Å². The van der Waals surface area contributed by atoms with Gasteiger partial charge in [-0.25, -0.2) is 0 Å². The zero-order chi connectivity index (χ0) is 22.8. The van der Waals surface area contributed by atoms with E-state index in [2.05, 4.69) is 67.7 Å². The number of carbonyl (C=O) groups is 2. The summed E-state index contributed by atoms with van der Waals surface area (Å²) in [7, 11) is -4.21. The fourth-order valence-electron chi connectivity index (χ4n) is 2.46. The summed E-state index contributed by atoms with van der Waals surface area (Å²) in [4.78, 5) is 23.6. The smallest absolute Gasteiger partial charge is 0.302 e. The van der Waals surface area contributed by atoms with E-state index >= 15 is 0 Å². The molecule has 0 fully saturated rings. The summed E-state index contributed by atoms with van der Waals surface area (Å²) in [6.45, 7) is 23.1. The first-order valence-electron chi connectivity index (χ1n) is 10.3. The lowest BCUT2D eigenvalue weighted by Crippen LogP contribution is -2.47. The number of hydrogen-bond donors (Lipinski definition) is 0. The Morgan fingerprint density at radius 3 is 1.72 bits per heavy atom. The second-order valence-corrected chi connectivity index (χ2v) is 20.4. The van der Waals surface area contributed by atoms with Gasteiger partial charge in [-0.2, -0.15) is 0 Å². The van der Waals surface area contributed by atoms with Crippen LogP contribution >= 0.6 is 0 Å². The third-order valence-corrected chi connectivity index (χ3v) is 15.4. The molecule has 5 nitrogen and oxygen atoms in total. The van der Waals surface area contributed by atoms with Gasteiger partial charge in [-0.15, -0.1) is 0 Å². The van der Waals surface area contributed by atoms with Crippen molar-refractivity contribution in [2.24, 2.45) is 0 Å². The third-order valence-electron chi connectivity index (χ3n) is 6.49. The lowest BCUT2D eigenvalue weighted by atomic mass is 9.94. The predicted octanol–water partition coefficient (Wildman–Crippen LogP) is 5.40. The molecule has 0 saturated heterocycles. The van der Waals surface area contributed by atoms with E-state index in [0.717, 1.165) is 6.29 Å². The first kappa shape index (κ1) is 26.0. The van der Waals surface area contributed by atoms with Crippen molar-refractivity contribution in [3.05, 3.63) is 23.3 Å². The van der Waals surface area contributed by atoms with E-state index in [4.69, 9.17) is 13.6 Å². The molecule has 1 aliphatic carbocycles. The molecule has 0 spiro atoms. The molecule has 1 aliphatic rings. The largest absolute Gasteiger partial charge is 0.461 e. The molecule has 1 rings (SSSR count). The number of carbonyl (C=O) groups excluding carboxylic acids is 2. The minimum absolute atomic E-state index is 0.0133. The van der Waals surface area contributed by atoms with Gasteiger partial charge in [0.05, 0.1) is 12.2 Å². The summed E-state index contributed by atoms with van der Waals surface area (Å²) in [6, 6.07) is 0. The number of ether oxygens (including phenoxy) is 1. The Morgan fingerprint density at radius 1 is 0.931 bits per heavy atom. The summed E-state index contributed by atoms with van der Waals surface area (Å²) >= 11 is 0. The molecule has 0 aliphatic heterocycles. The summed E-state index contributed by atoms with van der Waals surface area (Å²) in [5.41, 5.74) is 1.20. The van der Waals surface area contributed by atoms with Crippen LogP contribution in [0.3, 0.4) is 0 Å². The molecule has 0 N–H and O–H groups in total. The number of rotatable bonds is 7. The van der Waals surface area contributed by atoms with Crippen molar-refractivity contribution in [1.82, 2.24) is 0 Å². The Bertz CT molecular complexity index is 678. The maximum absolute atomic E-state index is 12.1. The van der Waals surface area contributed by atoms with Crippen molar-refractivity contribution < 1.29 is 23.2 Å². The topological polar surface area (TPSA) is 61.8 Å². The average molecular weight is 441 g/mol. The van der Waals surface area contributed by atoms with E-state index in [1.807, 2.05) is 12.2 Å². The van der Waals surface area contributed by atoms with Crippen LogP contribution in [-0.4, -0.2) is 47.7 Å². The molecule has 0 amide bonds. The minimum atomic E-state index is -2.11.